The molecule has 1 aromatic heterocycles. The lowest BCUT2D eigenvalue weighted by molar-refractivity contribution is -0.149. The van der Waals surface area contributed by atoms with Crippen molar-refractivity contribution in [2.24, 2.45) is 0 Å². The molecule has 2 aromatic rings. The van der Waals surface area contributed by atoms with Crippen molar-refractivity contribution in [3.63, 3.8) is 0 Å². The monoisotopic (exact) mass is 337 g/mol. The third-order valence-corrected chi connectivity index (χ3v) is 4.78. The Kier molecular flexibility index (Phi) is 3.67. The maximum absolute atomic E-state index is 12.8. The zero-order valence-corrected chi connectivity index (χ0v) is 14.2. The number of ether oxygens (including phenoxy) is 1. The normalized spacial score (nSPS) is 21.4. The number of hydrogen-bond donors (Lipinski definition) is 0. The van der Waals surface area contributed by atoms with Gasteiger partial charge in [-0.25, -0.2) is 4.79 Å². The van der Waals surface area contributed by atoms with E-state index in [-0.39, 0.29) is 18.0 Å². The Bertz CT molecular complexity index is 832. The van der Waals surface area contributed by atoms with Gasteiger partial charge >= 0.3 is 5.97 Å². The molecule has 4 rings (SSSR count). The predicted molar refractivity (Wildman–Crippen MR) is 93.3 cm³/mol. The number of amides is 1. The van der Waals surface area contributed by atoms with Crippen LogP contribution in [0.3, 0.4) is 0 Å². The van der Waals surface area contributed by atoms with Crippen LogP contribution < -0.4 is 4.90 Å². The first-order valence-electron chi connectivity index (χ1n) is 8.27. The molecular weight excluding hydrogens is 318 g/mol. The minimum atomic E-state index is -0.444. The molecule has 6 heteroatoms. The van der Waals surface area contributed by atoms with Crippen LogP contribution in [0.25, 0.3) is 11.1 Å². The zero-order chi connectivity index (χ0) is 17.6. The van der Waals surface area contributed by atoms with Gasteiger partial charge in [-0.3, -0.25) is 9.78 Å². The zero-order valence-electron chi connectivity index (χ0n) is 14.2. The number of carbonyl (C=O) groups is 2. The molecule has 0 saturated carbocycles. The van der Waals surface area contributed by atoms with Crippen molar-refractivity contribution >= 4 is 17.6 Å². The van der Waals surface area contributed by atoms with Crippen molar-refractivity contribution in [3.05, 3.63) is 48.3 Å². The average Bonchev–Trinajstić information content (AvgIpc) is 3.20. The summed E-state index contributed by atoms with van der Waals surface area (Å²) < 4.78 is 5.15. The number of benzene rings is 1. The molecule has 0 aliphatic carbocycles. The molecule has 2 aliphatic rings. The summed E-state index contributed by atoms with van der Waals surface area (Å²) in [4.78, 5) is 32.4. The Labute approximate surface area is 146 Å². The molecular formula is C19H19N3O3. The number of anilines is 1. The molecule has 2 atom stereocenters. The number of nitrogens with zero attached hydrogens (tertiary/aromatic N) is 3. The van der Waals surface area contributed by atoms with Gasteiger partial charge in [-0.15, -0.1) is 0 Å². The first kappa shape index (κ1) is 15.6. The van der Waals surface area contributed by atoms with Crippen LogP contribution in [0.15, 0.2) is 42.7 Å². The van der Waals surface area contributed by atoms with Crippen LogP contribution in [0.5, 0.6) is 0 Å². The number of hydrogen-bond acceptors (Lipinski definition) is 5. The van der Waals surface area contributed by atoms with Gasteiger partial charge in [0, 0.05) is 44.2 Å². The van der Waals surface area contributed by atoms with Gasteiger partial charge in [0.2, 0.25) is 0 Å². The lowest BCUT2D eigenvalue weighted by atomic mass is 10.0. The lowest BCUT2D eigenvalue weighted by Crippen LogP contribution is -2.44. The first-order chi connectivity index (χ1) is 12.0. The summed E-state index contributed by atoms with van der Waals surface area (Å²) in [5.41, 5.74) is 3.48. The van der Waals surface area contributed by atoms with Gasteiger partial charge in [-0.2, -0.15) is 0 Å². The van der Waals surface area contributed by atoms with E-state index in [1.54, 1.807) is 17.3 Å². The Balaban J connectivity index is 1.59. The van der Waals surface area contributed by atoms with Crippen molar-refractivity contribution < 1.29 is 14.3 Å². The maximum atomic E-state index is 12.8. The van der Waals surface area contributed by atoms with E-state index in [0.717, 1.165) is 16.8 Å². The molecule has 2 saturated heterocycles. The van der Waals surface area contributed by atoms with Gasteiger partial charge in [0.15, 0.2) is 0 Å². The highest BCUT2D eigenvalue weighted by Gasteiger charge is 2.48. The van der Waals surface area contributed by atoms with Crippen molar-refractivity contribution in [1.82, 2.24) is 9.88 Å². The van der Waals surface area contributed by atoms with E-state index in [1.165, 1.54) is 0 Å². The molecule has 2 aliphatic heterocycles. The highest BCUT2D eigenvalue weighted by molar-refractivity contribution is 5.98. The van der Waals surface area contributed by atoms with E-state index in [9.17, 15) is 9.59 Å². The van der Waals surface area contributed by atoms with E-state index >= 15 is 0 Å². The fourth-order valence-corrected chi connectivity index (χ4v) is 3.41. The Morgan fingerprint density at radius 1 is 1.20 bits per heavy atom. The summed E-state index contributed by atoms with van der Waals surface area (Å²) in [7, 11) is 3.98. The molecule has 0 N–H and O–H groups in total. The quantitative estimate of drug-likeness (QED) is 0.801. The van der Waals surface area contributed by atoms with Crippen LogP contribution in [0.4, 0.5) is 5.69 Å². The molecule has 128 valence electrons. The molecule has 0 spiro atoms. The number of pyridine rings is 1. The van der Waals surface area contributed by atoms with Crippen LogP contribution >= 0.6 is 0 Å². The molecule has 3 heterocycles. The summed E-state index contributed by atoms with van der Waals surface area (Å²) in [6, 6.07) is 9.46. The highest BCUT2D eigenvalue weighted by atomic mass is 16.6. The third-order valence-electron chi connectivity index (χ3n) is 4.78. The number of fused-ring (bicyclic) bond motifs is 2. The second kappa shape index (κ2) is 5.88. The van der Waals surface area contributed by atoms with Gasteiger partial charge in [0.25, 0.3) is 5.91 Å². The average molecular weight is 337 g/mol. The van der Waals surface area contributed by atoms with E-state index in [4.69, 9.17) is 4.74 Å². The summed E-state index contributed by atoms with van der Waals surface area (Å²) in [5.74, 6) is -0.462. The molecule has 0 radical (unpaired) electrons. The topological polar surface area (TPSA) is 62.7 Å². The van der Waals surface area contributed by atoms with Crippen molar-refractivity contribution in [3.8, 4) is 11.1 Å². The number of rotatable bonds is 3. The minimum absolute atomic E-state index is 0.156. The number of carbonyl (C=O) groups excluding carboxylic acids is 2. The largest absolute Gasteiger partial charge is 0.459 e. The third kappa shape index (κ3) is 2.73. The maximum Gasteiger partial charge on any atom is 0.329 e. The molecule has 25 heavy (non-hydrogen) atoms. The second-order valence-corrected chi connectivity index (χ2v) is 6.67. The molecule has 1 aromatic carbocycles. The predicted octanol–water partition coefficient (Wildman–Crippen LogP) is 1.95. The fourth-order valence-electron chi connectivity index (χ4n) is 3.41. The highest BCUT2D eigenvalue weighted by Crippen LogP contribution is 2.31. The molecule has 1 amide bonds. The van der Waals surface area contributed by atoms with Crippen molar-refractivity contribution in [1.29, 1.82) is 0 Å². The summed E-state index contributed by atoms with van der Waals surface area (Å²) in [6.07, 6.45) is 3.74. The van der Waals surface area contributed by atoms with Crippen LogP contribution in [-0.4, -0.2) is 54.5 Å². The minimum Gasteiger partial charge on any atom is -0.459 e. The summed E-state index contributed by atoms with van der Waals surface area (Å²) >= 11 is 0. The number of aromatic nitrogens is 1. The summed E-state index contributed by atoms with van der Waals surface area (Å²) in [6.45, 7) is 0.469. The van der Waals surface area contributed by atoms with E-state index in [2.05, 4.69) is 4.98 Å². The molecule has 2 bridgehead atoms. The number of esters is 1. The van der Waals surface area contributed by atoms with Crippen LogP contribution in [0, 0.1) is 0 Å². The Hall–Kier alpha value is -2.89. The molecule has 2 unspecified atom stereocenters. The standard InChI is InChI=1S/C19H19N3O3/c1-21(2)15-5-3-12(4-6-15)13-7-14(10-20-9-13)18(23)22-11-16-8-17(22)19(24)25-16/h3-7,9-10,16-17H,8,11H2,1-2H3. The lowest BCUT2D eigenvalue weighted by Gasteiger charge is -2.25. The Morgan fingerprint density at radius 2 is 1.96 bits per heavy atom. The van der Waals surface area contributed by atoms with E-state index < -0.39 is 6.04 Å². The van der Waals surface area contributed by atoms with Crippen molar-refractivity contribution in [2.45, 2.75) is 18.6 Å². The van der Waals surface area contributed by atoms with Gasteiger partial charge in [-0.1, -0.05) is 12.1 Å². The van der Waals surface area contributed by atoms with Crippen molar-refractivity contribution in [2.75, 3.05) is 25.5 Å². The fraction of sp³-hybridized carbons (Fsp3) is 0.316. The van der Waals surface area contributed by atoms with Gasteiger partial charge in [0.1, 0.15) is 12.1 Å². The SMILES string of the molecule is CN(C)c1ccc(-c2cncc(C(=O)N3CC4CC3C(=O)O4)c2)cc1. The van der Waals surface area contributed by atoms with E-state index in [1.807, 2.05) is 49.3 Å². The van der Waals surface area contributed by atoms with Gasteiger partial charge in [-0.05, 0) is 23.8 Å². The molecule has 2 fully saturated rings. The molecule has 6 nitrogen and oxygen atoms in total. The number of morpholine rings is 1. The summed E-state index contributed by atoms with van der Waals surface area (Å²) in [5, 5.41) is 0. The second-order valence-electron chi connectivity index (χ2n) is 6.67. The smallest absolute Gasteiger partial charge is 0.329 e. The van der Waals surface area contributed by atoms with Crippen LogP contribution in [0.1, 0.15) is 16.8 Å². The van der Waals surface area contributed by atoms with Gasteiger partial charge in [0.05, 0.1) is 12.1 Å². The van der Waals surface area contributed by atoms with E-state index in [0.29, 0.717) is 18.5 Å². The van der Waals surface area contributed by atoms with Gasteiger partial charge < -0.3 is 14.5 Å². The Morgan fingerprint density at radius 3 is 2.60 bits per heavy atom. The van der Waals surface area contributed by atoms with Crippen LogP contribution in [-0.2, 0) is 9.53 Å². The van der Waals surface area contributed by atoms with Crippen LogP contribution in [0.2, 0.25) is 0 Å². The first-order valence-corrected chi connectivity index (χ1v) is 8.27. The number of likely N-dealkylation sites (tertiary alicyclic amines) is 1.